The van der Waals surface area contributed by atoms with Gasteiger partial charge in [0.25, 0.3) is 5.91 Å². The van der Waals surface area contributed by atoms with E-state index < -0.39 is 0 Å². The molecular formula is C26H23N5O2. The Kier molecular flexibility index (Phi) is 5.49. The van der Waals surface area contributed by atoms with Gasteiger partial charge in [0.15, 0.2) is 0 Å². The fraction of sp³-hybridized carbons (Fsp3) is 0.231. The quantitative estimate of drug-likeness (QED) is 0.478. The van der Waals surface area contributed by atoms with E-state index in [-0.39, 0.29) is 12.0 Å². The first-order valence-corrected chi connectivity index (χ1v) is 10.9. The van der Waals surface area contributed by atoms with Gasteiger partial charge in [-0.25, -0.2) is 4.98 Å². The molecule has 33 heavy (non-hydrogen) atoms. The first kappa shape index (κ1) is 20.7. The van der Waals surface area contributed by atoms with E-state index in [2.05, 4.69) is 22.1 Å². The highest BCUT2D eigenvalue weighted by atomic mass is 16.5. The topological polar surface area (TPSA) is 84.0 Å². The van der Waals surface area contributed by atoms with Crippen molar-refractivity contribution in [2.75, 3.05) is 13.1 Å². The van der Waals surface area contributed by atoms with Crippen molar-refractivity contribution < 1.29 is 9.53 Å². The number of nitrogens with zero attached hydrogens (tertiary/aromatic N) is 5. The average Bonchev–Trinajstić information content (AvgIpc) is 3.29. The van der Waals surface area contributed by atoms with Crippen molar-refractivity contribution in [2.45, 2.75) is 18.9 Å². The van der Waals surface area contributed by atoms with E-state index in [0.29, 0.717) is 24.3 Å². The monoisotopic (exact) mass is 437 g/mol. The van der Waals surface area contributed by atoms with Crippen LogP contribution in [0.15, 0.2) is 67.4 Å². The number of benzene rings is 2. The first-order valence-electron chi connectivity index (χ1n) is 10.9. The number of likely N-dealkylation sites (tertiary alicyclic amines) is 1. The van der Waals surface area contributed by atoms with Crippen LogP contribution in [0.25, 0.3) is 21.9 Å². The van der Waals surface area contributed by atoms with Gasteiger partial charge in [-0.3, -0.25) is 9.78 Å². The summed E-state index contributed by atoms with van der Waals surface area (Å²) in [7, 11) is 1.83. The van der Waals surface area contributed by atoms with Crippen molar-refractivity contribution in [1.29, 1.82) is 5.26 Å². The lowest BCUT2D eigenvalue weighted by Crippen LogP contribution is -2.42. The number of carbonyl (C=O) groups excluding carboxylic acids is 1. The van der Waals surface area contributed by atoms with E-state index >= 15 is 0 Å². The lowest BCUT2D eigenvalue weighted by atomic mass is 9.99. The molecule has 5 rings (SSSR count). The molecule has 3 heterocycles. The average molecular weight is 438 g/mol. The van der Waals surface area contributed by atoms with E-state index in [4.69, 9.17) is 4.74 Å². The molecule has 1 amide bonds. The number of nitriles is 1. The van der Waals surface area contributed by atoms with Gasteiger partial charge in [-0.05, 0) is 46.8 Å². The number of hydrogen-bond donors (Lipinski definition) is 0. The van der Waals surface area contributed by atoms with E-state index in [1.807, 2.05) is 48.5 Å². The van der Waals surface area contributed by atoms with Crippen molar-refractivity contribution >= 4 is 16.7 Å². The van der Waals surface area contributed by atoms with Gasteiger partial charge in [0.05, 0.1) is 24.2 Å². The maximum absolute atomic E-state index is 12.8. The van der Waals surface area contributed by atoms with Crippen LogP contribution in [0.3, 0.4) is 0 Å². The minimum absolute atomic E-state index is 0.00229. The summed E-state index contributed by atoms with van der Waals surface area (Å²) in [5, 5.41) is 11.3. The number of aryl methyl sites for hydroxylation is 1. The molecule has 7 heteroatoms. The molecule has 0 aliphatic carbocycles. The third-order valence-electron chi connectivity index (χ3n) is 6.10. The van der Waals surface area contributed by atoms with Crippen LogP contribution in [0.1, 0.15) is 28.9 Å². The van der Waals surface area contributed by atoms with Crippen LogP contribution in [0.4, 0.5) is 0 Å². The summed E-state index contributed by atoms with van der Waals surface area (Å²) in [4.78, 5) is 23.0. The predicted octanol–water partition coefficient (Wildman–Crippen LogP) is 4.19. The molecule has 4 aromatic rings. The lowest BCUT2D eigenvalue weighted by Gasteiger charge is -2.32. The van der Waals surface area contributed by atoms with Crippen LogP contribution in [-0.4, -0.2) is 44.5 Å². The van der Waals surface area contributed by atoms with Gasteiger partial charge >= 0.3 is 0 Å². The van der Waals surface area contributed by atoms with Crippen LogP contribution < -0.4 is 4.74 Å². The maximum atomic E-state index is 12.8. The van der Waals surface area contributed by atoms with E-state index in [1.165, 1.54) is 0 Å². The number of imidazole rings is 1. The molecule has 2 aromatic carbocycles. The van der Waals surface area contributed by atoms with Crippen LogP contribution in [0.5, 0.6) is 5.75 Å². The predicted molar refractivity (Wildman–Crippen MR) is 125 cm³/mol. The zero-order valence-corrected chi connectivity index (χ0v) is 18.3. The largest absolute Gasteiger partial charge is 0.490 e. The highest BCUT2D eigenvalue weighted by Crippen LogP contribution is 2.34. The molecule has 0 unspecified atom stereocenters. The molecule has 1 fully saturated rings. The molecule has 0 saturated carbocycles. The number of piperidine rings is 1. The second-order valence-electron chi connectivity index (χ2n) is 8.26. The Morgan fingerprint density at radius 1 is 1.09 bits per heavy atom. The van der Waals surface area contributed by atoms with Gasteiger partial charge in [0.1, 0.15) is 17.5 Å². The molecule has 0 atom stereocenters. The number of carbonyl (C=O) groups is 1. The third-order valence-corrected chi connectivity index (χ3v) is 6.10. The van der Waals surface area contributed by atoms with E-state index in [1.54, 1.807) is 29.4 Å². The zero-order valence-electron chi connectivity index (χ0n) is 18.3. The summed E-state index contributed by atoms with van der Waals surface area (Å²) in [5.74, 6) is 0.775. The minimum Gasteiger partial charge on any atom is -0.490 e. The molecule has 0 radical (unpaired) electrons. The highest BCUT2D eigenvalue weighted by Gasteiger charge is 2.26. The second kappa shape index (κ2) is 8.75. The Morgan fingerprint density at radius 2 is 1.94 bits per heavy atom. The minimum atomic E-state index is 0.00229. The molecule has 0 N–H and O–H groups in total. The summed E-state index contributed by atoms with van der Waals surface area (Å²) >= 11 is 0. The van der Waals surface area contributed by atoms with Crippen molar-refractivity contribution in [3.63, 3.8) is 0 Å². The molecule has 1 saturated heterocycles. The Labute approximate surface area is 191 Å². The fourth-order valence-electron chi connectivity index (χ4n) is 4.28. The Morgan fingerprint density at radius 3 is 2.70 bits per heavy atom. The molecular weight excluding hydrogens is 414 g/mol. The molecule has 1 aliphatic heterocycles. The molecule has 2 aromatic heterocycles. The molecule has 0 spiro atoms. The van der Waals surface area contributed by atoms with E-state index in [0.717, 1.165) is 40.5 Å². The molecule has 164 valence electrons. The Bertz CT molecular complexity index is 1360. The summed E-state index contributed by atoms with van der Waals surface area (Å²) in [6, 6.07) is 15.9. The molecule has 0 bridgehead atoms. The van der Waals surface area contributed by atoms with Gasteiger partial charge in [0, 0.05) is 50.8 Å². The van der Waals surface area contributed by atoms with Crippen LogP contribution >= 0.6 is 0 Å². The number of ether oxygens (including phenoxy) is 1. The summed E-state index contributed by atoms with van der Waals surface area (Å²) in [6.45, 7) is 1.27. The van der Waals surface area contributed by atoms with Crippen molar-refractivity contribution in [2.24, 2.45) is 7.05 Å². The van der Waals surface area contributed by atoms with Crippen LogP contribution in [0, 0.1) is 11.3 Å². The molecule has 7 nitrogen and oxygen atoms in total. The summed E-state index contributed by atoms with van der Waals surface area (Å²) in [6.07, 6.45) is 8.34. The van der Waals surface area contributed by atoms with Gasteiger partial charge in [0.2, 0.25) is 0 Å². The SMILES string of the molecule is Cn1cncc1C(=O)N1CCC(Oc2cc(-c3cccc(C#N)c3)cc3ccncc23)CC1. The van der Waals surface area contributed by atoms with Crippen LogP contribution in [0.2, 0.25) is 0 Å². The normalized spacial score (nSPS) is 14.2. The van der Waals surface area contributed by atoms with Crippen molar-refractivity contribution in [3.8, 4) is 22.9 Å². The molecule has 1 aliphatic rings. The van der Waals surface area contributed by atoms with Gasteiger partial charge in [-0.2, -0.15) is 5.26 Å². The Hall–Kier alpha value is -4.18. The van der Waals surface area contributed by atoms with Crippen molar-refractivity contribution in [3.05, 3.63) is 78.6 Å². The lowest BCUT2D eigenvalue weighted by molar-refractivity contribution is 0.0589. The van der Waals surface area contributed by atoms with Gasteiger partial charge < -0.3 is 14.2 Å². The highest BCUT2D eigenvalue weighted by molar-refractivity contribution is 5.93. The number of fused-ring (bicyclic) bond motifs is 1. The Balaban J connectivity index is 1.37. The number of aromatic nitrogens is 3. The zero-order chi connectivity index (χ0) is 22.8. The second-order valence-corrected chi connectivity index (χ2v) is 8.26. The van der Waals surface area contributed by atoms with E-state index in [9.17, 15) is 10.1 Å². The van der Waals surface area contributed by atoms with Gasteiger partial charge in [-0.15, -0.1) is 0 Å². The summed E-state index contributed by atoms with van der Waals surface area (Å²) in [5.41, 5.74) is 3.17. The first-order chi connectivity index (χ1) is 16.1. The number of hydrogen-bond acceptors (Lipinski definition) is 5. The van der Waals surface area contributed by atoms with Crippen molar-refractivity contribution in [1.82, 2.24) is 19.4 Å². The smallest absolute Gasteiger partial charge is 0.272 e. The number of pyridine rings is 1. The summed E-state index contributed by atoms with van der Waals surface area (Å²) < 4.78 is 8.22. The standard InChI is InChI=1S/C26H23N5O2/c1-30-17-29-16-24(30)26(32)31-9-6-22(7-10-31)33-25-13-21(12-20-5-8-28-15-23(20)25)19-4-2-3-18(11-19)14-27/h2-5,8,11-13,15-17,22H,6-7,9-10H2,1H3. The van der Waals surface area contributed by atoms with Crippen LogP contribution in [-0.2, 0) is 7.05 Å². The maximum Gasteiger partial charge on any atom is 0.272 e. The van der Waals surface area contributed by atoms with Gasteiger partial charge in [-0.1, -0.05) is 12.1 Å². The fourth-order valence-corrected chi connectivity index (χ4v) is 4.28. The number of amides is 1. The number of rotatable bonds is 4. The third kappa shape index (κ3) is 4.15.